The van der Waals surface area contributed by atoms with E-state index in [0.717, 1.165) is 12.8 Å². The fourth-order valence-electron chi connectivity index (χ4n) is 3.90. The molecule has 1 aromatic rings. The Bertz CT molecular complexity index is 649. The number of amides is 2. The number of nitrogens with one attached hydrogen (secondary N) is 1. The Morgan fingerprint density at radius 2 is 1.93 bits per heavy atom. The number of benzene rings is 1. The van der Waals surface area contributed by atoms with Crippen molar-refractivity contribution in [1.29, 1.82) is 0 Å². The molecule has 27 heavy (non-hydrogen) atoms. The second-order valence-corrected chi connectivity index (χ2v) is 8.29. The van der Waals surface area contributed by atoms with Gasteiger partial charge in [0.2, 0.25) is 5.91 Å². The molecule has 7 heteroatoms. The lowest BCUT2D eigenvalue weighted by Crippen LogP contribution is -2.51. The fraction of sp³-hybridized carbons (Fsp3) is 0.600. The molecule has 2 amide bonds. The number of carbonyl (C=O) groups excluding carboxylic acids is 2. The zero-order valence-electron chi connectivity index (χ0n) is 15.7. The molecule has 2 aliphatic rings. The van der Waals surface area contributed by atoms with Crippen molar-refractivity contribution in [3.05, 3.63) is 35.6 Å². The van der Waals surface area contributed by atoms with E-state index in [1.54, 1.807) is 23.8 Å². The van der Waals surface area contributed by atoms with Crippen LogP contribution in [0.5, 0.6) is 0 Å². The van der Waals surface area contributed by atoms with E-state index in [2.05, 4.69) is 5.32 Å². The van der Waals surface area contributed by atoms with Gasteiger partial charge >= 0.3 is 0 Å². The molecule has 1 aliphatic heterocycles. The van der Waals surface area contributed by atoms with E-state index >= 15 is 0 Å². The van der Waals surface area contributed by atoms with E-state index < -0.39 is 6.04 Å². The van der Waals surface area contributed by atoms with Crippen molar-refractivity contribution in [1.82, 2.24) is 10.2 Å². The first-order valence-electron chi connectivity index (χ1n) is 9.58. The summed E-state index contributed by atoms with van der Waals surface area (Å²) in [6.07, 6.45) is 5.75. The molecule has 2 fully saturated rings. The molecule has 148 valence electrons. The minimum absolute atomic E-state index is 0.000952. The predicted molar refractivity (Wildman–Crippen MR) is 104 cm³/mol. The molecule has 3 rings (SSSR count). The Kier molecular flexibility index (Phi) is 7.13. The zero-order chi connectivity index (χ0) is 19.2. The number of methoxy groups -OCH3 is 1. The van der Waals surface area contributed by atoms with E-state index in [0.29, 0.717) is 30.4 Å². The molecule has 1 aliphatic carbocycles. The van der Waals surface area contributed by atoms with Gasteiger partial charge in [0.15, 0.2) is 0 Å². The largest absolute Gasteiger partial charge is 0.383 e. The summed E-state index contributed by atoms with van der Waals surface area (Å²) in [5.74, 6) is 0.285. The van der Waals surface area contributed by atoms with E-state index in [1.807, 2.05) is 0 Å². The zero-order valence-corrected chi connectivity index (χ0v) is 16.5. The third-order valence-corrected chi connectivity index (χ3v) is 6.78. The van der Waals surface area contributed by atoms with E-state index in [4.69, 9.17) is 4.74 Å². The maximum absolute atomic E-state index is 13.3. The highest BCUT2D eigenvalue weighted by molar-refractivity contribution is 8.00. The predicted octanol–water partition coefficient (Wildman–Crippen LogP) is 3.05. The van der Waals surface area contributed by atoms with Crippen LogP contribution in [0.15, 0.2) is 24.3 Å². The SMILES string of the molecule is COCCNC(=O)[C@@H]1CS[C@H](C2CCCCC2)N1C(=O)c1ccc(F)cc1. The van der Waals surface area contributed by atoms with Crippen LogP contribution in [0.25, 0.3) is 0 Å². The van der Waals surface area contributed by atoms with Gasteiger partial charge in [-0.25, -0.2) is 4.39 Å². The summed E-state index contributed by atoms with van der Waals surface area (Å²) < 4.78 is 18.3. The molecular weight excluding hydrogens is 367 g/mol. The van der Waals surface area contributed by atoms with Gasteiger partial charge in [-0.05, 0) is 43.0 Å². The van der Waals surface area contributed by atoms with Crippen LogP contribution in [0.4, 0.5) is 4.39 Å². The second kappa shape index (κ2) is 9.55. The van der Waals surface area contributed by atoms with E-state index in [9.17, 15) is 14.0 Å². The molecule has 5 nitrogen and oxygen atoms in total. The quantitative estimate of drug-likeness (QED) is 0.754. The summed E-state index contributed by atoms with van der Waals surface area (Å²) in [5.41, 5.74) is 0.425. The highest BCUT2D eigenvalue weighted by Crippen LogP contribution is 2.41. The monoisotopic (exact) mass is 394 g/mol. The van der Waals surface area contributed by atoms with Gasteiger partial charge < -0.3 is 15.0 Å². The van der Waals surface area contributed by atoms with Gasteiger partial charge in [-0.3, -0.25) is 9.59 Å². The maximum atomic E-state index is 13.3. The van der Waals surface area contributed by atoms with Crippen molar-refractivity contribution in [2.45, 2.75) is 43.5 Å². The summed E-state index contributed by atoms with van der Waals surface area (Å²) in [4.78, 5) is 27.7. The van der Waals surface area contributed by atoms with Crippen molar-refractivity contribution in [3.63, 3.8) is 0 Å². The van der Waals surface area contributed by atoms with Crippen LogP contribution in [0.2, 0.25) is 0 Å². The number of thioether (sulfide) groups is 1. The molecule has 1 heterocycles. The Labute approximate surface area is 164 Å². The number of ether oxygens (including phenoxy) is 1. The lowest BCUT2D eigenvalue weighted by atomic mass is 9.88. The van der Waals surface area contributed by atoms with Gasteiger partial charge in [0.05, 0.1) is 12.0 Å². The Morgan fingerprint density at radius 1 is 1.22 bits per heavy atom. The molecule has 0 bridgehead atoms. The number of halogens is 1. The van der Waals surface area contributed by atoms with Crippen LogP contribution in [-0.2, 0) is 9.53 Å². The van der Waals surface area contributed by atoms with Crippen LogP contribution in [0.3, 0.4) is 0 Å². The topological polar surface area (TPSA) is 58.6 Å². The van der Waals surface area contributed by atoms with Crippen molar-refractivity contribution in [2.75, 3.05) is 26.0 Å². The average molecular weight is 395 g/mol. The molecule has 0 unspecified atom stereocenters. The van der Waals surface area contributed by atoms with Crippen LogP contribution >= 0.6 is 11.8 Å². The maximum Gasteiger partial charge on any atom is 0.255 e. The Balaban J connectivity index is 1.80. The molecule has 1 saturated carbocycles. The van der Waals surface area contributed by atoms with Gasteiger partial charge in [0.1, 0.15) is 11.9 Å². The third-order valence-electron chi connectivity index (χ3n) is 5.32. The van der Waals surface area contributed by atoms with Crippen molar-refractivity contribution in [3.8, 4) is 0 Å². The normalized spacial score (nSPS) is 23.4. The first-order valence-corrected chi connectivity index (χ1v) is 10.6. The lowest BCUT2D eigenvalue weighted by Gasteiger charge is -2.35. The number of hydrogen-bond donors (Lipinski definition) is 1. The van der Waals surface area contributed by atoms with E-state index in [1.165, 1.54) is 43.5 Å². The van der Waals surface area contributed by atoms with Gasteiger partial charge in [-0.1, -0.05) is 19.3 Å². The summed E-state index contributed by atoms with van der Waals surface area (Å²) in [6, 6.07) is 5.08. The number of hydrogen-bond acceptors (Lipinski definition) is 4. The first-order chi connectivity index (χ1) is 13.1. The summed E-state index contributed by atoms with van der Waals surface area (Å²) >= 11 is 1.70. The first kappa shape index (κ1) is 20.1. The Hall–Kier alpha value is -1.60. The summed E-state index contributed by atoms with van der Waals surface area (Å²) in [7, 11) is 1.58. The van der Waals surface area contributed by atoms with E-state index in [-0.39, 0.29) is 23.0 Å². The minimum atomic E-state index is -0.503. The fourth-order valence-corrected chi connectivity index (χ4v) is 5.54. The number of nitrogens with zero attached hydrogens (tertiary/aromatic N) is 1. The minimum Gasteiger partial charge on any atom is -0.383 e. The summed E-state index contributed by atoms with van der Waals surface area (Å²) in [5, 5.41) is 2.86. The number of rotatable bonds is 6. The molecule has 1 N–H and O–H groups in total. The molecule has 0 aromatic heterocycles. The van der Waals surface area contributed by atoms with Crippen molar-refractivity contribution < 1.29 is 18.7 Å². The van der Waals surface area contributed by atoms with Crippen molar-refractivity contribution in [2.24, 2.45) is 5.92 Å². The average Bonchev–Trinajstić information content (AvgIpc) is 3.14. The van der Waals surface area contributed by atoms with Gasteiger partial charge in [-0.15, -0.1) is 11.8 Å². The summed E-state index contributed by atoms with van der Waals surface area (Å²) in [6.45, 7) is 0.854. The smallest absolute Gasteiger partial charge is 0.255 e. The van der Waals surface area contributed by atoms with Crippen molar-refractivity contribution >= 4 is 23.6 Å². The van der Waals surface area contributed by atoms with Gasteiger partial charge in [0.25, 0.3) is 5.91 Å². The highest BCUT2D eigenvalue weighted by Gasteiger charge is 2.45. The molecular formula is C20H27FN2O3S. The lowest BCUT2D eigenvalue weighted by molar-refractivity contribution is -0.125. The van der Waals surface area contributed by atoms with Crippen LogP contribution in [0, 0.1) is 11.7 Å². The molecule has 0 spiro atoms. The second-order valence-electron chi connectivity index (χ2n) is 7.14. The third kappa shape index (κ3) is 4.82. The highest BCUT2D eigenvalue weighted by atomic mass is 32.2. The van der Waals surface area contributed by atoms with Crippen LogP contribution in [-0.4, -0.2) is 54.1 Å². The number of carbonyl (C=O) groups is 2. The van der Waals surface area contributed by atoms with Gasteiger partial charge in [0, 0.05) is 25.0 Å². The standard InChI is InChI=1S/C20H27FN2O3S/c1-26-12-11-22-18(24)17-13-27-20(15-5-3-2-4-6-15)23(17)19(25)14-7-9-16(21)10-8-14/h7-10,15,17,20H,2-6,11-13H2,1H3,(H,22,24)/t17-,20+/m0/s1. The molecule has 1 saturated heterocycles. The van der Waals surface area contributed by atoms with Crippen LogP contribution < -0.4 is 5.32 Å². The molecule has 0 radical (unpaired) electrons. The molecule has 1 aromatic carbocycles. The van der Waals surface area contributed by atoms with Crippen LogP contribution in [0.1, 0.15) is 42.5 Å². The van der Waals surface area contributed by atoms with Gasteiger partial charge in [-0.2, -0.15) is 0 Å². The molecule has 2 atom stereocenters. The Morgan fingerprint density at radius 3 is 2.59 bits per heavy atom.